The lowest BCUT2D eigenvalue weighted by Crippen LogP contribution is -2.38. The molecule has 0 spiro atoms. The summed E-state index contributed by atoms with van der Waals surface area (Å²) >= 11 is 0. The molecule has 2 N–H and O–H groups in total. The van der Waals surface area contributed by atoms with Gasteiger partial charge in [-0.3, -0.25) is 0 Å². The topological polar surface area (TPSA) is 63.5 Å². The third-order valence-corrected chi connectivity index (χ3v) is 4.11. The molecular formula is C18H22N2O3. The van der Waals surface area contributed by atoms with Gasteiger partial charge in [0.1, 0.15) is 5.76 Å². The average Bonchev–Trinajstić information content (AvgIpc) is 3.03. The number of benzene rings is 1. The van der Waals surface area contributed by atoms with Gasteiger partial charge in [0, 0.05) is 25.6 Å². The van der Waals surface area contributed by atoms with Crippen molar-refractivity contribution in [3.8, 4) is 0 Å². The molecule has 0 bridgehead atoms. The largest absolute Gasteiger partial charge is 0.469 e. The summed E-state index contributed by atoms with van der Waals surface area (Å²) in [6, 6.07) is 9.86. The van der Waals surface area contributed by atoms with Gasteiger partial charge < -0.3 is 19.8 Å². The minimum atomic E-state index is -0.152. The maximum atomic E-state index is 12.1. The number of hydrogen-bond donors (Lipinski definition) is 2. The maximum absolute atomic E-state index is 12.1. The van der Waals surface area contributed by atoms with Gasteiger partial charge in [0.05, 0.1) is 18.9 Å². The first-order valence-corrected chi connectivity index (χ1v) is 7.93. The van der Waals surface area contributed by atoms with E-state index < -0.39 is 0 Å². The summed E-state index contributed by atoms with van der Waals surface area (Å²) in [7, 11) is 1.67. The first-order chi connectivity index (χ1) is 11.3. The predicted octanol–water partition coefficient (Wildman–Crippen LogP) is 3.30. The first-order valence-electron chi connectivity index (χ1n) is 7.93. The van der Waals surface area contributed by atoms with Gasteiger partial charge in [-0.15, -0.1) is 0 Å². The molecule has 0 saturated heterocycles. The Labute approximate surface area is 136 Å². The van der Waals surface area contributed by atoms with E-state index in [9.17, 15) is 4.79 Å². The molecule has 23 heavy (non-hydrogen) atoms. The summed E-state index contributed by atoms with van der Waals surface area (Å²) in [4.78, 5) is 12.1. The van der Waals surface area contributed by atoms with Gasteiger partial charge >= 0.3 is 6.03 Å². The zero-order chi connectivity index (χ0) is 16.1. The molecule has 5 nitrogen and oxygen atoms in total. The lowest BCUT2D eigenvalue weighted by Gasteiger charge is -2.22. The van der Waals surface area contributed by atoms with Gasteiger partial charge in [-0.2, -0.15) is 0 Å². The van der Waals surface area contributed by atoms with Crippen LogP contribution in [-0.4, -0.2) is 13.1 Å². The molecule has 0 fully saturated rings. The van der Waals surface area contributed by atoms with Crippen LogP contribution in [0.1, 0.15) is 41.3 Å². The standard InChI is InChI=1S/C18H22N2O3/c1-22-12-14-5-2-4-13(10-14)11-19-18(21)20-16-6-3-7-17-15(16)8-9-23-17/h2,4-5,8-10,16H,3,6-7,11-12H2,1H3,(H2,19,20,21). The number of methoxy groups -OCH3 is 1. The van der Waals surface area contributed by atoms with E-state index >= 15 is 0 Å². The summed E-state index contributed by atoms with van der Waals surface area (Å²) in [5.41, 5.74) is 3.26. The maximum Gasteiger partial charge on any atom is 0.315 e. The van der Waals surface area contributed by atoms with Crippen molar-refractivity contribution < 1.29 is 13.9 Å². The fourth-order valence-corrected chi connectivity index (χ4v) is 3.02. The molecule has 1 atom stereocenters. The van der Waals surface area contributed by atoms with Crippen LogP contribution in [-0.2, 0) is 24.3 Å². The molecular weight excluding hydrogens is 292 g/mol. The second-order valence-electron chi connectivity index (χ2n) is 5.82. The molecule has 122 valence electrons. The van der Waals surface area contributed by atoms with Gasteiger partial charge in [-0.05, 0) is 30.0 Å². The zero-order valence-electron chi connectivity index (χ0n) is 13.3. The lowest BCUT2D eigenvalue weighted by molar-refractivity contribution is 0.185. The molecule has 1 aromatic carbocycles. The number of amides is 2. The van der Waals surface area contributed by atoms with Crippen molar-refractivity contribution in [2.75, 3.05) is 7.11 Å². The van der Waals surface area contributed by atoms with Crippen molar-refractivity contribution in [3.05, 3.63) is 59.0 Å². The SMILES string of the molecule is COCc1cccc(CNC(=O)NC2CCCc3occc32)c1. The fourth-order valence-electron chi connectivity index (χ4n) is 3.02. The zero-order valence-corrected chi connectivity index (χ0v) is 13.3. The van der Waals surface area contributed by atoms with Crippen molar-refractivity contribution in [2.45, 2.75) is 38.5 Å². The predicted molar refractivity (Wildman–Crippen MR) is 86.9 cm³/mol. The van der Waals surface area contributed by atoms with Crippen molar-refractivity contribution in [2.24, 2.45) is 0 Å². The Morgan fingerprint density at radius 3 is 3.09 bits per heavy atom. The van der Waals surface area contributed by atoms with Crippen LogP contribution in [0.4, 0.5) is 4.79 Å². The molecule has 1 heterocycles. The number of urea groups is 1. The van der Waals surface area contributed by atoms with E-state index in [1.165, 1.54) is 0 Å². The van der Waals surface area contributed by atoms with Crippen molar-refractivity contribution in [1.82, 2.24) is 10.6 Å². The highest BCUT2D eigenvalue weighted by Gasteiger charge is 2.23. The highest BCUT2D eigenvalue weighted by atomic mass is 16.5. The fraction of sp³-hybridized carbons (Fsp3) is 0.389. The minimum absolute atomic E-state index is 0.0392. The van der Waals surface area contributed by atoms with Crippen LogP contribution < -0.4 is 10.6 Å². The quantitative estimate of drug-likeness (QED) is 0.890. The van der Waals surface area contributed by atoms with E-state index in [1.54, 1.807) is 13.4 Å². The number of hydrogen-bond acceptors (Lipinski definition) is 3. The Bertz CT molecular complexity index is 666. The van der Waals surface area contributed by atoms with Gasteiger partial charge in [0.25, 0.3) is 0 Å². The van der Waals surface area contributed by atoms with Crippen molar-refractivity contribution in [3.63, 3.8) is 0 Å². The van der Waals surface area contributed by atoms with Crippen molar-refractivity contribution >= 4 is 6.03 Å². The Hall–Kier alpha value is -2.27. The van der Waals surface area contributed by atoms with E-state index in [0.717, 1.165) is 41.7 Å². The van der Waals surface area contributed by atoms with Crippen LogP contribution in [0.3, 0.4) is 0 Å². The van der Waals surface area contributed by atoms with Crippen molar-refractivity contribution in [1.29, 1.82) is 0 Å². The van der Waals surface area contributed by atoms with E-state index in [-0.39, 0.29) is 12.1 Å². The first kappa shape index (κ1) is 15.6. The van der Waals surface area contributed by atoms with E-state index in [1.807, 2.05) is 30.3 Å². The average molecular weight is 314 g/mol. The van der Waals surface area contributed by atoms with Gasteiger partial charge in [0.2, 0.25) is 0 Å². The Balaban J connectivity index is 1.54. The Morgan fingerprint density at radius 2 is 2.22 bits per heavy atom. The number of carbonyl (C=O) groups is 1. The summed E-state index contributed by atoms with van der Waals surface area (Å²) in [5, 5.41) is 5.95. The molecule has 3 rings (SSSR count). The summed E-state index contributed by atoms with van der Waals surface area (Å²) in [6.07, 6.45) is 4.63. The molecule has 2 amide bonds. The van der Waals surface area contributed by atoms with E-state index in [0.29, 0.717) is 13.2 Å². The van der Waals surface area contributed by atoms with E-state index in [4.69, 9.17) is 9.15 Å². The normalized spacial score (nSPS) is 16.7. The number of aryl methyl sites for hydroxylation is 1. The van der Waals surface area contributed by atoms with Gasteiger partial charge in [-0.1, -0.05) is 24.3 Å². The summed E-state index contributed by atoms with van der Waals surface area (Å²) in [6.45, 7) is 1.07. The molecule has 0 aliphatic heterocycles. The number of nitrogens with one attached hydrogen (secondary N) is 2. The number of rotatable bonds is 5. The summed E-state index contributed by atoms with van der Waals surface area (Å²) < 4.78 is 10.6. The third kappa shape index (κ3) is 3.93. The van der Waals surface area contributed by atoms with Gasteiger partial charge in [0.15, 0.2) is 0 Å². The van der Waals surface area contributed by atoms with Crippen LogP contribution >= 0.6 is 0 Å². The minimum Gasteiger partial charge on any atom is -0.469 e. The third-order valence-electron chi connectivity index (χ3n) is 4.11. The van der Waals surface area contributed by atoms with Crippen LogP contribution in [0.15, 0.2) is 41.0 Å². The van der Waals surface area contributed by atoms with Gasteiger partial charge in [-0.25, -0.2) is 4.79 Å². The molecule has 1 unspecified atom stereocenters. The molecule has 0 saturated carbocycles. The highest BCUT2D eigenvalue weighted by Crippen LogP contribution is 2.30. The Morgan fingerprint density at radius 1 is 1.35 bits per heavy atom. The Kier molecular flexibility index (Phi) is 4.98. The molecule has 1 aliphatic rings. The van der Waals surface area contributed by atoms with Crippen LogP contribution in [0.5, 0.6) is 0 Å². The number of furan rings is 1. The number of ether oxygens (including phenoxy) is 1. The van der Waals surface area contributed by atoms with Crippen LogP contribution in [0, 0.1) is 0 Å². The lowest BCUT2D eigenvalue weighted by atomic mass is 9.93. The molecule has 0 radical (unpaired) electrons. The molecule has 2 aromatic rings. The molecule has 1 aromatic heterocycles. The molecule has 1 aliphatic carbocycles. The number of carbonyl (C=O) groups excluding carboxylic acids is 1. The second-order valence-corrected chi connectivity index (χ2v) is 5.82. The second kappa shape index (κ2) is 7.33. The van der Waals surface area contributed by atoms with Crippen LogP contribution in [0.2, 0.25) is 0 Å². The number of fused-ring (bicyclic) bond motifs is 1. The molecule has 5 heteroatoms. The monoisotopic (exact) mass is 314 g/mol. The highest BCUT2D eigenvalue weighted by molar-refractivity contribution is 5.74. The smallest absolute Gasteiger partial charge is 0.315 e. The van der Waals surface area contributed by atoms with E-state index in [2.05, 4.69) is 10.6 Å². The van der Waals surface area contributed by atoms with Crippen LogP contribution in [0.25, 0.3) is 0 Å². The summed E-state index contributed by atoms with van der Waals surface area (Å²) in [5.74, 6) is 0.994.